The van der Waals surface area contributed by atoms with Gasteiger partial charge in [0.1, 0.15) is 0 Å². The van der Waals surface area contributed by atoms with Crippen molar-refractivity contribution in [1.29, 1.82) is 0 Å². The van der Waals surface area contributed by atoms with Gasteiger partial charge in [0.25, 0.3) is 0 Å². The summed E-state index contributed by atoms with van der Waals surface area (Å²) in [5, 5.41) is 3.22. The van der Waals surface area contributed by atoms with Gasteiger partial charge in [0, 0.05) is 15.2 Å². The van der Waals surface area contributed by atoms with Crippen LogP contribution in [-0.4, -0.2) is 13.6 Å². The van der Waals surface area contributed by atoms with Crippen molar-refractivity contribution in [3.8, 4) is 0 Å². The van der Waals surface area contributed by atoms with E-state index in [0.29, 0.717) is 5.41 Å². The molecule has 80 valence electrons. The van der Waals surface area contributed by atoms with Crippen molar-refractivity contribution in [3.63, 3.8) is 0 Å². The molecule has 0 aromatic carbocycles. The predicted octanol–water partition coefficient (Wildman–Crippen LogP) is 3.20. The first-order chi connectivity index (χ1) is 6.60. The zero-order valence-electron chi connectivity index (χ0n) is 9.68. The minimum Gasteiger partial charge on any atom is -0.320 e. The number of rotatable bonds is 5. The van der Waals surface area contributed by atoms with Crippen molar-refractivity contribution in [2.45, 2.75) is 39.0 Å². The van der Waals surface area contributed by atoms with Crippen LogP contribution in [0.5, 0.6) is 0 Å². The van der Waals surface area contributed by atoms with E-state index >= 15 is 0 Å². The molecule has 2 heteroatoms. The lowest BCUT2D eigenvalue weighted by molar-refractivity contribution is 0.477. The molecule has 0 aliphatic carbocycles. The van der Waals surface area contributed by atoms with E-state index in [2.05, 4.69) is 38.2 Å². The highest BCUT2D eigenvalue weighted by atomic mass is 32.1. The molecule has 0 atom stereocenters. The summed E-state index contributed by atoms with van der Waals surface area (Å²) in [7, 11) is 2.02. The van der Waals surface area contributed by atoms with Crippen LogP contribution < -0.4 is 5.32 Å². The SMILES string of the molecule is CCc1ccc(C(C)(C)CCNC)s1. The van der Waals surface area contributed by atoms with E-state index in [9.17, 15) is 0 Å². The smallest absolute Gasteiger partial charge is 0.0105 e. The van der Waals surface area contributed by atoms with Crippen LogP contribution in [0, 0.1) is 0 Å². The van der Waals surface area contributed by atoms with Gasteiger partial charge >= 0.3 is 0 Å². The molecule has 0 saturated heterocycles. The van der Waals surface area contributed by atoms with Crippen LogP contribution >= 0.6 is 11.3 Å². The molecule has 0 radical (unpaired) electrons. The summed E-state index contributed by atoms with van der Waals surface area (Å²) in [4.78, 5) is 3.02. The average molecular weight is 211 g/mol. The highest BCUT2D eigenvalue weighted by molar-refractivity contribution is 7.12. The van der Waals surface area contributed by atoms with Crippen molar-refractivity contribution in [3.05, 3.63) is 21.9 Å². The Morgan fingerprint density at radius 1 is 1.36 bits per heavy atom. The minimum absolute atomic E-state index is 0.321. The third-order valence-corrected chi connectivity index (χ3v) is 4.27. The summed E-state index contributed by atoms with van der Waals surface area (Å²) >= 11 is 1.96. The summed E-state index contributed by atoms with van der Waals surface area (Å²) in [6, 6.07) is 4.56. The Bertz CT molecular complexity index is 276. The molecule has 0 unspecified atom stereocenters. The monoisotopic (exact) mass is 211 g/mol. The van der Waals surface area contributed by atoms with E-state index in [-0.39, 0.29) is 0 Å². The molecule has 0 amide bonds. The molecular weight excluding hydrogens is 190 g/mol. The fourth-order valence-corrected chi connectivity index (χ4v) is 2.57. The molecule has 0 spiro atoms. The number of nitrogens with one attached hydrogen (secondary N) is 1. The number of hydrogen-bond donors (Lipinski definition) is 1. The van der Waals surface area contributed by atoms with Crippen LogP contribution in [0.2, 0.25) is 0 Å². The molecular formula is C12H21NS. The summed E-state index contributed by atoms with van der Waals surface area (Å²) in [6.45, 7) is 7.97. The second-order valence-corrected chi connectivity index (χ2v) is 5.53. The van der Waals surface area contributed by atoms with Gasteiger partial charge in [0.15, 0.2) is 0 Å². The van der Waals surface area contributed by atoms with E-state index in [1.54, 1.807) is 0 Å². The highest BCUT2D eigenvalue weighted by Gasteiger charge is 2.21. The van der Waals surface area contributed by atoms with Crippen molar-refractivity contribution < 1.29 is 0 Å². The molecule has 1 N–H and O–H groups in total. The molecule has 0 saturated carbocycles. The first-order valence-corrected chi connectivity index (χ1v) is 6.15. The second kappa shape index (κ2) is 4.94. The Morgan fingerprint density at radius 3 is 2.57 bits per heavy atom. The number of hydrogen-bond acceptors (Lipinski definition) is 2. The van der Waals surface area contributed by atoms with Crippen molar-refractivity contribution in [2.75, 3.05) is 13.6 Å². The third-order valence-electron chi connectivity index (χ3n) is 2.68. The average Bonchev–Trinajstić information content (AvgIpc) is 2.63. The van der Waals surface area contributed by atoms with Crippen LogP contribution in [0.25, 0.3) is 0 Å². The molecule has 1 aromatic rings. The van der Waals surface area contributed by atoms with E-state index in [4.69, 9.17) is 0 Å². The van der Waals surface area contributed by atoms with Crippen LogP contribution in [0.15, 0.2) is 12.1 Å². The van der Waals surface area contributed by atoms with E-state index in [1.807, 2.05) is 18.4 Å². The second-order valence-electron chi connectivity index (χ2n) is 4.36. The molecule has 1 nitrogen and oxygen atoms in total. The van der Waals surface area contributed by atoms with Gasteiger partial charge in [-0.3, -0.25) is 0 Å². The zero-order chi connectivity index (χ0) is 10.6. The molecule has 1 aromatic heterocycles. The fraction of sp³-hybridized carbons (Fsp3) is 0.667. The maximum absolute atomic E-state index is 3.22. The lowest BCUT2D eigenvalue weighted by atomic mass is 9.87. The molecule has 0 aliphatic heterocycles. The van der Waals surface area contributed by atoms with E-state index in [0.717, 1.165) is 13.0 Å². The summed E-state index contributed by atoms with van der Waals surface area (Å²) in [6.07, 6.45) is 2.36. The van der Waals surface area contributed by atoms with Gasteiger partial charge in [-0.25, -0.2) is 0 Å². The Hall–Kier alpha value is -0.340. The van der Waals surface area contributed by atoms with Crippen molar-refractivity contribution in [2.24, 2.45) is 0 Å². The largest absolute Gasteiger partial charge is 0.320 e. The molecule has 0 aliphatic rings. The lowest BCUT2D eigenvalue weighted by Gasteiger charge is -2.22. The minimum atomic E-state index is 0.321. The standard InChI is InChI=1S/C12H21NS/c1-5-10-6-7-11(14-10)12(2,3)8-9-13-4/h6-7,13H,5,8-9H2,1-4H3. The molecule has 0 fully saturated rings. The van der Waals surface area contributed by atoms with E-state index in [1.165, 1.54) is 16.2 Å². The van der Waals surface area contributed by atoms with Gasteiger partial charge in [0.05, 0.1) is 0 Å². The highest BCUT2D eigenvalue weighted by Crippen LogP contribution is 2.32. The van der Waals surface area contributed by atoms with Gasteiger partial charge in [-0.2, -0.15) is 0 Å². The van der Waals surface area contributed by atoms with Crippen molar-refractivity contribution in [1.82, 2.24) is 5.32 Å². The van der Waals surface area contributed by atoms with E-state index < -0.39 is 0 Å². The van der Waals surface area contributed by atoms with Crippen LogP contribution in [0.1, 0.15) is 36.9 Å². The predicted molar refractivity (Wildman–Crippen MR) is 65.3 cm³/mol. The fourth-order valence-electron chi connectivity index (χ4n) is 1.49. The molecule has 1 heterocycles. The summed E-state index contributed by atoms with van der Waals surface area (Å²) in [5.74, 6) is 0. The van der Waals surface area contributed by atoms with Gasteiger partial charge in [-0.05, 0) is 38.6 Å². The first-order valence-electron chi connectivity index (χ1n) is 5.34. The summed E-state index contributed by atoms with van der Waals surface area (Å²) in [5.41, 5.74) is 0.321. The quantitative estimate of drug-likeness (QED) is 0.788. The Morgan fingerprint density at radius 2 is 2.07 bits per heavy atom. The Balaban J connectivity index is 2.70. The normalized spacial score (nSPS) is 12.0. The van der Waals surface area contributed by atoms with Gasteiger partial charge in [0.2, 0.25) is 0 Å². The molecule has 14 heavy (non-hydrogen) atoms. The van der Waals surface area contributed by atoms with Gasteiger partial charge in [-0.15, -0.1) is 11.3 Å². The third kappa shape index (κ3) is 2.82. The Kier molecular flexibility index (Phi) is 4.14. The van der Waals surface area contributed by atoms with Crippen molar-refractivity contribution >= 4 is 11.3 Å². The first kappa shape index (κ1) is 11.7. The summed E-state index contributed by atoms with van der Waals surface area (Å²) < 4.78 is 0. The van der Waals surface area contributed by atoms with Crippen LogP contribution in [0.3, 0.4) is 0 Å². The van der Waals surface area contributed by atoms with Crippen LogP contribution in [0.4, 0.5) is 0 Å². The molecule has 0 bridgehead atoms. The lowest BCUT2D eigenvalue weighted by Crippen LogP contribution is -2.22. The van der Waals surface area contributed by atoms with Gasteiger partial charge in [-0.1, -0.05) is 20.8 Å². The topological polar surface area (TPSA) is 12.0 Å². The van der Waals surface area contributed by atoms with Crippen LogP contribution in [-0.2, 0) is 11.8 Å². The Labute approximate surface area is 91.5 Å². The van der Waals surface area contributed by atoms with Gasteiger partial charge < -0.3 is 5.32 Å². The number of aryl methyl sites for hydroxylation is 1. The number of thiophene rings is 1. The maximum Gasteiger partial charge on any atom is 0.0105 e. The maximum atomic E-state index is 3.22. The molecule has 1 rings (SSSR count). The zero-order valence-corrected chi connectivity index (χ0v) is 10.5.